The van der Waals surface area contributed by atoms with E-state index in [-0.39, 0.29) is 0 Å². The number of aryl methyl sites for hydroxylation is 2. The molecule has 2 aromatic carbocycles. The summed E-state index contributed by atoms with van der Waals surface area (Å²) in [5.41, 5.74) is 6.33. The number of hydrogen-bond acceptors (Lipinski definition) is 1. The minimum absolute atomic E-state index is 0.298. The third-order valence-corrected chi connectivity index (χ3v) is 3.37. The van der Waals surface area contributed by atoms with Crippen molar-refractivity contribution in [2.75, 3.05) is 0 Å². The molecule has 0 aromatic heterocycles. The van der Waals surface area contributed by atoms with E-state index in [9.17, 15) is 0 Å². The fourth-order valence-corrected chi connectivity index (χ4v) is 2.25. The van der Waals surface area contributed by atoms with E-state index >= 15 is 0 Å². The minimum Gasteiger partial charge on any atom is -0.544 e. The first-order chi connectivity index (χ1) is 8.70. The van der Waals surface area contributed by atoms with E-state index in [0.29, 0.717) is 16.0 Å². The lowest BCUT2D eigenvalue weighted by Gasteiger charge is -2.09. The molecule has 1 radical (unpaired) electrons. The zero-order chi connectivity index (χ0) is 13.0. The van der Waals surface area contributed by atoms with Gasteiger partial charge in [-0.1, -0.05) is 54.2 Å². The van der Waals surface area contributed by atoms with E-state index in [1.54, 1.807) is 0 Å². The van der Waals surface area contributed by atoms with E-state index in [4.69, 9.17) is 4.43 Å². The Bertz CT molecular complexity index is 561. The molecular formula is C16H17OSi. The van der Waals surface area contributed by atoms with Crippen molar-refractivity contribution in [1.29, 1.82) is 0 Å². The molecule has 0 heterocycles. The monoisotopic (exact) mass is 253 g/mol. The molecule has 2 rings (SSSR count). The van der Waals surface area contributed by atoms with E-state index in [1.807, 2.05) is 0 Å². The molecule has 0 fully saturated rings. The van der Waals surface area contributed by atoms with Crippen LogP contribution in [-0.2, 0) is 11.0 Å². The zero-order valence-corrected chi connectivity index (χ0v) is 11.9. The first-order valence-corrected chi connectivity index (χ1v) is 7.12. The molecule has 0 aliphatic carbocycles. The Kier molecular flexibility index (Phi) is 4.10. The molecule has 0 spiro atoms. The normalized spacial score (nSPS) is 10.1. The second-order valence-corrected chi connectivity index (χ2v) is 5.02. The van der Waals surface area contributed by atoms with Gasteiger partial charge in [0.25, 0.3) is 9.38 Å². The molecule has 0 saturated carbocycles. The maximum absolute atomic E-state index is 5.38. The summed E-state index contributed by atoms with van der Waals surface area (Å²) in [6.07, 6.45) is 3.71. The number of benzene rings is 2. The maximum atomic E-state index is 5.38. The lowest BCUT2D eigenvalue weighted by atomic mass is 9.99. The van der Waals surface area contributed by atoms with Gasteiger partial charge in [0, 0.05) is 0 Å². The van der Waals surface area contributed by atoms with Crippen LogP contribution in [0, 0.1) is 13.8 Å². The van der Waals surface area contributed by atoms with E-state index < -0.39 is 0 Å². The molecule has 0 amide bonds. The summed E-state index contributed by atoms with van der Waals surface area (Å²) in [4.78, 5) is 0. The molecule has 0 unspecified atom stereocenters. The molecule has 2 heteroatoms. The van der Waals surface area contributed by atoms with E-state index in [2.05, 4.69) is 62.5 Å². The highest BCUT2D eigenvalue weighted by Crippen LogP contribution is 2.23. The largest absolute Gasteiger partial charge is 0.544 e. The Morgan fingerprint density at radius 3 is 2.50 bits per heavy atom. The first kappa shape index (κ1) is 12.8. The van der Waals surface area contributed by atoms with Crippen LogP contribution in [0.4, 0.5) is 0 Å². The fourth-order valence-electron chi connectivity index (χ4n) is 1.99. The summed E-state index contributed by atoms with van der Waals surface area (Å²) in [6.45, 7) is 4.90. The predicted octanol–water partition coefficient (Wildman–Crippen LogP) is 3.54. The number of rotatable bonds is 4. The average molecular weight is 253 g/mol. The molecule has 2 aromatic rings. The summed E-state index contributed by atoms with van der Waals surface area (Å²) in [6, 6.07) is 15.1. The smallest absolute Gasteiger partial charge is 0.273 e. The molecule has 0 bridgehead atoms. The Labute approximate surface area is 111 Å². The summed E-state index contributed by atoms with van der Waals surface area (Å²) in [7, 11) is 0.298. The maximum Gasteiger partial charge on any atom is 0.273 e. The van der Waals surface area contributed by atoms with Crippen molar-refractivity contribution in [2.45, 2.75) is 20.5 Å². The van der Waals surface area contributed by atoms with Gasteiger partial charge in [0.1, 0.15) is 0 Å². The highest BCUT2D eigenvalue weighted by atomic mass is 28.2. The van der Waals surface area contributed by atoms with Gasteiger partial charge in [0.2, 0.25) is 0 Å². The van der Waals surface area contributed by atoms with Crippen LogP contribution in [-0.4, -0.2) is 15.6 Å². The van der Waals surface area contributed by atoms with Crippen LogP contribution in [0.25, 0.3) is 11.1 Å². The quantitative estimate of drug-likeness (QED) is 0.757. The van der Waals surface area contributed by atoms with Crippen LogP contribution in [0.15, 0.2) is 42.5 Å². The molecule has 0 saturated heterocycles. The highest BCUT2D eigenvalue weighted by molar-refractivity contribution is 6.33. The summed E-state index contributed by atoms with van der Waals surface area (Å²) in [5, 5.41) is 0. The lowest BCUT2D eigenvalue weighted by Crippen LogP contribution is -1.95. The molecule has 18 heavy (non-hydrogen) atoms. The summed E-state index contributed by atoms with van der Waals surface area (Å²) < 4.78 is 5.38. The third-order valence-electron chi connectivity index (χ3n) is 3.02. The number of hydrogen-bond donors (Lipinski definition) is 0. The van der Waals surface area contributed by atoms with Crippen LogP contribution in [0.2, 0.25) is 0 Å². The zero-order valence-electron chi connectivity index (χ0n) is 10.9. The second-order valence-electron chi connectivity index (χ2n) is 4.44. The molecule has 0 N–H and O–H groups in total. The van der Waals surface area contributed by atoms with Crippen LogP contribution in [0.1, 0.15) is 16.7 Å². The van der Waals surface area contributed by atoms with Gasteiger partial charge in [0.15, 0.2) is 0 Å². The van der Waals surface area contributed by atoms with Gasteiger partial charge in [-0.25, -0.2) is 0 Å². The van der Waals surface area contributed by atoms with Gasteiger partial charge in [-0.2, -0.15) is 0 Å². The third kappa shape index (κ3) is 2.96. The highest BCUT2D eigenvalue weighted by Gasteiger charge is 2.02. The Balaban J connectivity index is 2.31. The van der Waals surface area contributed by atoms with Gasteiger partial charge >= 0.3 is 0 Å². The average Bonchev–Trinajstić information content (AvgIpc) is 2.37. The molecule has 91 valence electrons. The van der Waals surface area contributed by atoms with Gasteiger partial charge < -0.3 is 4.43 Å². The van der Waals surface area contributed by atoms with Crippen molar-refractivity contribution in [3.05, 3.63) is 59.2 Å². The molecule has 1 nitrogen and oxygen atoms in total. The molecule has 0 aliphatic rings. The summed E-state index contributed by atoms with van der Waals surface area (Å²) >= 11 is 0. The van der Waals surface area contributed by atoms with Crippen LogP contribution >= 0.6 is 0 Å². The SMILES string of the molecule is C=[Si]OCc1ccc(-c2cccc(C)c2)cc1C. The van der Waals surface area contributed by atoms with Crippen molar-refractivity contribution in [3.8, 4) is 11.1 Å². The molecular weight excluding hydrogens is 236 g/mol. The van der Waals surface area contributed by atoms with Crippen LogP contribution < -0.4 is 0 Å². The summed E-state index contributed by atoms with van der Waals surface area (Å²) in [5.74, 6) is 0. The van der Waals surface area contributed by atoms with Crippen LogP contribution in [0.3, 0.4) is 0 Å². The first-order valence-electron chi connectivity index (χ1n) is 6.01. The fraction of sp³-hybridized carbons (Fsp3) is 0.188. The van der Waals surface area contributed by atoms with Gasteiger partial charge in [-0.05, 0) is 36.1 Å². The van der Waals surface area contributed by atoms with Gasteiger partial charge in [-0.3, -0.25) is 0 Å². The topological polar surface area (TPSA) is 9.23 Å². The Morgan fingerprint density at radius 1 is 1.06 bits per heavy atom. The van der Waals surface area contributed by atoms with Crippen molar-refractivity contribution in [1.82, 2.24) is 0 Å². The van der Waals surface area contributed by atoms with Crippen LogP contribution in [0.5, 0.6) is 0 Å². The van der Waals surface area contributed by atoms with Crippen molar-refractivity contribution >= 4 is 15.6 Å². The predicted molar refractivity (Wildman–Crippen MR) is 79.0 cm³/mol. The minimum atomic E-state index is 0.298. The van der Waals surface area contributed by atoms with Crippen molar-refractivity contribution in [3.63, 3.8) is 0 Å². The van der Waals surface area contributed by atoms with E-state index in [0.717, 1.165) is 0 Å². The second kappa shape index (κ2) is 5.78. The standard InChI is InChI=1S/C16H17OSi/c1-12-5-4-6-14(9-12)15-7-8-16(11-17-18-3)13(2)10-15/h4-10H,3,11H2,1-2H3. The Morgan fingerprint density at radius 2 is 1.83 bits per heavy atom. The van der Waals surface area contributed by atoms with Gasteiger partial charge in [0.05, 0.1) is 6.61 Å². The van der Waals surface area contributed by atoms with Crippen molar-refractivity contribution < 1.29 is 4.43 Å². The Hall–Kier alpha value is -1.67. The van der Waals surface area contributed by atoms with Gasteiger partial charge in [-0.15, -0.1) is 0 Å². The van der Waals surface area contributed by atoms with E-state index in [1.165, 1.54) is 27.8 Å². The molecule has 0 aliphatic heterocycles. The lowest BCUT2D eigenvalue weighted by molar-refractivity contribution is 0.335. The van der Waals surface area contributed by atoms with Crippen molar-refractivity contribution in [2.24, 2.45) is 0 Å². The molecule has 0 atom stereocenters.